The maximum absolute atomic E-state index is 11.9. The number of hydrazine groups is 1. The molecule has 0 saturated heterocycles. The molecule has 0 aromatic heterocycles. The van der Waals surface area contributed by atoms with Crippen LogP contribution < -0.4 is 20.3 Å². The van der Waals surface area contributed by atoms with Gasteiger partial charge in [0.25, 0.3) is 11.8 Å². The molecule has 0 fully saturated rings. The van der Waals surface area contributed by atoms with Crippen molar-refractivity contribution in [2.75, 3.05) is 13.2 Å². The molecule has 144 valence electrons. The van der Waals surface area contributed by atoms with Crippen LogP contribution in [0.25, 0.3) is 0 Å². The Hall–Kier alpha value is -3.02. The van der Waals surface area contributed by atoms with Crippen LogP contribution in [0.15, 0.2) is 42.5 Å². The summed E-state index contributed by atoms with van der Waals surface area (Å²) in [6, 6.07) is 13.3. The fraction of sp³-hybridized carbons (Fsp3) is 0.333. The van der Waals surface area contributed by atoms with Crippen LogP contribution in [0.2, 0.25) is 0 Å². The summed E-state index contributed by atoms with van der Waals surface area (Å²) in [4.78, 5) is 23.7. The van der Waals surface area contributed by atoms with Crippen molar-refractivity contribution in [3.8, 4) is 11.5 Å². The van der Waals surface area contributed by atoms with Gasteiger partial charge in [0.1, 0.15) is 11.5 Å². The minimum atomic E-state index is -0.454. The maximum atomic E-state index is 11.9. The van der Waals surface area contributed by atoms with Gasteiger partial charge in [-0.2, -0.15) is 0 Å². The third kappa shape index (κ3) is 6.66. The van der Waals surface area contributed by atoms with Crippen LogP contribution in [0.4, 0.5) is 0 Å². The van der Waals surface area contributed by atoms with Gasteiger partial charge in [-0.05, 0) is 54.7 Å². The Balaban J connectivity index is 1.74. The summed E-state index contributed by atoms with van der Waals surface area (Å²) >= 11 is 0. The average Bonchev–Trinajstić information content (AvgIpc) is 2.62. The van der Waals surface area contributed by atoms with Crippen molar-refractivity contribution in [2.45, 2.75) is 33.6 Å². The first-order chi connectivity index (χ1) is 12.8. The molecular formula is C21H26N2O4. The Morgan fingerprint density at radius 3 is 2.04 bits per heavy atom. The van der Waals surface area contributed by atoms with Gasteiger partial charge in [-0.3, -0.25) is 20.4 Å². The summed E-state index contributed by atoms with van der Waals surface area (Å²) in [5.74, 6) is 0.652. The molecule has 0 unspecified atom stereocenters. The number of ether oxygens (including phenoxy) is 2. The summed E-state index contributed by atoms with van der Waals surface area (Å²) in [6.07, 6.45) is 0. The normalized spacial score (nSPS) is 10.4. The van der Waals surface area contributed by atoms with Crippen LogP contribution in [-0.4, -0.2) is 25.0 Å². The number of benzene rings is 2. The number of para-hydroxylation sites is 1. The molecule has 0 aliphatic rings. The summed E-state index contributed by atoms with van der Waals surface area (Å²) in [6.45, 7) is 7.63. The molecule has 2 rings (SSSR count). The third-order valence-corrected chi connectivity index (χ3v) is 3.81. The number of carbonyl (C=O) groups excluding carboxylic acids is 2. The summed E-state index contributed by atoms with van der Waals surface area (Å²) < 4.78 is 11.0. The molecule has 0 atom stereocenters. The van der Waals surface area contributed by atoms with Gasteiger partial charge in [0, 0.05) is 0 Å². The summed E-state index contributed by atoms with van der Waals surface area (Å²) in [5.41, 5.74) is 7.76. The number of nitrogens with one attached hydrogen (secondary N) is 2. The van der Waals surface area contributed by atoms with Gasteiger partial charge >= 0.3 is 0 Å². The van der Waals surface area contributed by atoms with Gasteiger partial charge in [0.15, 0.2) is 13.2 Å². The molecule has 0 bridgehead atoms. The molecule has 2 N–H and O–H groups in total. The predicted molar refractivity (Wildman–Crippen MR) is 104 cm³/mol. The molecule has 0 radical (unpaired) electrons. The fourth-order valence-electron chi connectivity index (χ4n) is 2.61. The van der Waals surface area contributed by atoms with Crippen molar-refractivity contribution in [1.82, 2.24) is 10.9 Å². The van der Waals surface area contributed by atoms with Gasteiger partial charge in [-0.25, -0.2) is 0 Å². The van der Waals surface area contributed by atoms with Gasteiger partial charge in [0.2, 0.25) is 0 Å². The lowest BCUT2D eigenvalue weighted by Crippen LogP contribution is -2.45. The second kappa shape index (κ2) is 9.62. The van der Waals surface area contributed by atoms with E-state index in [1.807, 2.05) is 56.3 Å². The minimum Gasteiger partial charge on any atom is -0.484 e. The summed E-state index contributed by atoms with van der Waals surface area (Å²) in [5, 5.41) is 0. The summed E-state index contributed by atoms with van der Waals surface area (Å²) in [7, 11) is 0. The van der Waals surface area contributed by atoms with Crippen LogP contribution >= 0.6 is 0 Å². The van der Waals surface area contributed by atoms with E-state index in [1.165, 1.54) is 0 Å². The Kier molecular flexibility index (Phi) is 7.23. The molecular weight excluding hydrogens is 344 g/mol. The van der Waals surface area contributed by atoms with Crippen molar-refractivity contribution < 1.29 is 19.1 Å². The molecule has 2 aromatic carbocycles. The SMILES string of the molecule is Cc1cc(C)cc(OCC(=O)NNC(=O)COc2ccccc2C(C)C)c1. The lowest BCUT2D eigenvalue weighted by molar-refractivity contribution is -0.131. The lowest BCUT2D eigenvalue weighted by Gasteiger charge is -2.14. The monoisotopic (exact) mass is 370 g/mol. The van der Waals surface area contributed by atoms with E-state index in [2.05, 4.69) is 24.7 Å². The average molecular weight is 370 g/mol. The van der Waals surface area contributed by atoms with E-state index in [0.29, 0.717) is 11.5 Å². The van der Waals surface area contributed by atoms with Gasteiger partial charge in [0.05, 0.1) is 0 Å². The highest BCUT2D eigenvalue weighted by atomic mass is 16.5. The van der Waals surface area contributed by atoms with Crippen LogP contribution in [0.3, 0.4) is 0 Å². The third-order valence-electron chi connectivity index (χ3n) is 3.81. The first-order valence-electron chi connectivity index (χ1n) is 8.85. The molecule has 6 nitrogen and oxygen atoms in total. The Morgan fingerprint density at radius 1 is 0.889 bits per heavy atom. The van der Waals surface area contributed by atoms with Crippen molar-refractivity contribution in [2.24, 2.45) is 0 Å². The van der Waals surface area contributed by atoms with E-state index in [9.17, 15) is 9.59 Å². The molecule has 2 aromatic rings. The highest BCUT2D eigenvalue weighted by molar-refractivity contribution is 5.83. The predicted octanol–water partition coefficient (Wildman–Crippen LogP) is 3.03. The highest BCUT2D eigenvalue weighted by Crippen LogP contribution is 2.25. The number of aryl methyl sites for hydroxylation is 2. The smallest absolute Gasteiger partial charge is 0.276 e. The molecule has 27 heavy (non-hydrogen) atoms. The van der Waals surface area contributed by atoms with Gasteiger partial charge in [-0.15, -0.1) is 0 Å². The lowest BCUT2D eigenvalue weighted by atomic mass is 10.0. The molecule has 0 aliphatic carbocycles. The van der Waals surface area contributed by atoms with E-state index < -0.39 is 11.8 Å². The van der Waals surface area contributed by atoms with Crippen LogP contribution in [0.5, 0.6) is 11.5 Å². The zero-order valence-corrected chi connectivity index (χ0v) is 16.2. The Bertz CT molecular complexity index is 782. The minimum absolute atomic E-state index is 0.193. The van der Waals surface area contributed by atoms with Crippen molar-refractivity contribution in [1.29, 1.82) is 0 Å². The zero-order valence-electron chi connectivity index (χ0n) is 16.2. The molecule has 0 aliphatic heterocycles. The van der Waals surface area contributed by atoms with Crippen molar-refractivity contribution in [3.63, 3.8) is 0 Å². The fourth-order valence-corrected chi connectivity index (χ4v) is 2.61. The highest BCUT2D eigenvalue weighted by Gasteiger charge is 2.10. The number of rotatable bonds is 7. The number of amides is 2. The van der Waals surface area contributed by atoms with E-state index in [0.717, 1.165) is 16.7 Å². The Morgan fingerprint density at radius 2 is 1.44 bits per heavy atom. The first kappa shape index (κ1) is 20.3. The van der Waals surface area contributed by atoms with Crippen molar-refractivity contribution >= 4 is 11.8 Å². The topological polar surface area (TPSA) is 76.7 Å². The number of hydrogen-bond acceptors (Lipinski definition) is 4. The standard InChI is InChI=1S/C21H26N2O4/c1-14(2)18-7-5-6-8-19(18)27-13-21(25)23-22-20(24)12-26-17-10-15(3)9-16(4)11-17/h5-11,14H,12-13H2,1-4H3,(H,22,24)(H,23,25). The van der Waals surface area contributed by atoms with Gasteiger partial charge in [-0.1, -0.05) is 38.1 Å². The number of hydrogen-bond donors (Lipinski definition) is 2. The number of carbonyl (C=O) groups is 2. The van der Waals surface area contributed by atoms with E-state index in [1.54, 1.807) is 0 Å². The van der Waals surface area contributed by atoms with Crippen LogP contribution in [0, 0.1) is 13.8 Å². The van der Waals surface area contributed by atoms with Crippen LogP contribution in [0.1, 0.15) is 36.5 Å². The molecule has 0 spiro atoms. The van der Waals surface area contributed by atoms with E-state index in [-0.39, 0.29) is 19.1 Å². The first-order valence-corrected chi connectivity index (χ1v) is 8.85. The molecule has 0 saturated carbocycles. The van der Waals surface area contributed by atoms with Crippen molar-refractivity contribution in [3.05, 3.63) is 59.2 Å². The quantitative estimate of drug-likeness (QED) is 0.735. The second-order valence-corrected chi connectivity index (χ2v) is 6.69. The van der Waals surface area contributed by atoms with Gasteiger partial charge < -0.3 is 9.47 Å². The molecule has 2 amide bonds. The Labute approximate surface area is 159 Å². The zero-order chi connectivity index (χ0) is 19.8. The largest absolute Gasteiger partial charge is 0.484 e. The van der Waals surface area contributed by atoms with E-state index >= 15 is 0 Å². The second-order valence-electron chi connectivity index (χ2n) is 6.69. The molecule has 0 heterocycles. The van der Waals surface area contributed by atoms with E-state index in [4.69, 9.17) is 9.47 Å². The molecule has 6 heteroatoms. The maximum Gasteiger partial charge on any atom is 0.276 e. The van der Waals surface area contributed by atoms with Crippen LogP contribution in [-0.2, 0) is 9.59 Å².